The van der Waals surface area contributed by atoms with Gasteiger partial charge in [0, 0.05) is 11.5 Å². The highest BCUT2D eigenvalue weighted by Crippen LogP contribution is 2.36. The summed E-state index contributed by atoms with van der Waals surface area (Å²) in [6.45, 7) is 0. The van der Waals surface area contributed by atoms with Crippen LogP contribution in [-0.4, -0.2) is 12.1 Å². The van der Waals surface area contributed by atoms with Gasteiger partial charge in [-0.2, -0.15) is 13.2 Å². The van der Waals surface area contributed by atoms with Crippen LogP contribution in [0, 0.1) is 0 Å². The van der Waals surface area contributed by atoms with Gasteiger partial charge in [-0.15, -0.1) is 0 Å². The van der Waals surface area contributed by atoms with E-state index < -0.39 is 11.9 Å². The number of nitrogens with zero attached hydrogens (tertiary/aromatic N) is 1. The van der Waals surface area contributed by atoms with E-state index in [-0.39, 0.29) is 21.3 Å². The molecule has 0 aliphatic heterocycles. The van der Waals surface area contributed by atoms with Crippen molar-refractivity contribution in [2.24, 2.45) is 0 Å². The van der Waals surface area contributed by atoms with E-state index in [9.17, 15) is 13.2 Å². The maximum atomic E-state index is 12.6. The predicted molar refractivity (Wildman–Crippen MR) is 63.3 cm³/mol. The molecule has 2 aromatic rings. The summed E-state index contributed by atoms with van der Waals surface area (Å²) in [6, 6.07) is 3.51. The summed E-state index contributed by atoms with van der Waals surface area (Å²) in [5.74, 6) is 0.243. The molecule has 1 heterocycles. The summed E-state index contributed by atoms with van der Waals surface area (Å²) in [4.78, 5) is 3.51. The Kier molecular flexibility index (Phi) is 3.29. The van der Waals surface area contributed by atoms with Gasteiger partial charge in [0.25, 0.3) is 0 Å². The van der Waals surface area contributed by atoms with Crippen molar-refractivity contribution in [2.75, 3.05) is 7.11 Å². The second-order valence-electron chi connectivity index (χ2n) is 3.49. The van der Waals surface area contributed by atoms with Gasteiger partial charge in [-0.3, -0.25) is 0 Å². The number of hydrogen-bond acceptors (Lipinski definition) is 2. The molecule has 2 nitrogen and oxygen atoms in total. The number of fused-ring (bicyclic) bond motifs is 1. The van der Waals surface area contributed by atoms with Gasteiger partial charge in [0.15, 0.2) is 0 Å². The first-order valence-electron chi connectivity index (χ1n) is 4.74. The maximum absolute atomic E-state index is 12.6. The van der Waals surface area contributed by atoms with Crippen molar-refractivity contribution >= 4 is 34.1 Å². The fourth-order valence-corrected chi connectivity index (χ4v) is 1.98. The van der Waals surface area contributed by atoms with Gasteiger partial charge >= 0.3 is 6.18 Å². The lowest BCUT2D eigenvalue weighted by molar-refractivity contribution is -0.140. The van der Waals surface area contributed by atoms with Crippen LogP contribution >= 0.6 is 23.2 Å². The van der Waals surface area contributed by atoms with Crippen LogP contribution in [0.1, 0.15) is 5.69 Å². The molecule has 1 aromatic carbocycles. The molecule has 0 aliphatic carbocycles. The molecule has 0 bridgehead atoms. The lowest BCUT2D eigenvalue weighted by Gasteiger charge is -2.10. The SMILES string of the molecule is COc1cc2nc(C(F)(F)F)cc(Cl)c2cc1Cl. The largest absolute Gasteiger partial charge is 0.495 e. The van der Waals surface area contributed by atoms with Crippen molar-refractivity contribution in [1.82, 2.24) is 4.98 Å². The average molecular weight is 296 g/mol. The number of pyridine rings is 1. The molecule has 0 spiro atoms. The monoisotopic (exact) mass is 295 g/mol. The summed E-state index contributed by atoms with van der Waals surface area (Å²) in [5, 5.41) is 0.542. The Morgan fingerprint density at radius 2 is 1.78 bits per heavy atom. The third-order valence-corrected chi connectivity index (χ3v) is 2.93. The third-order valence-electron chi connectivity index (χ3n) is 2.32. The van der Waals surface area contributed by atoms with Gasteiger partial charge in [-0.1, -0.05) is 23.2 Å². The normalized spacial score (nSPS) is 11.9. The first-order chi connectivity index (χ1) is 8.32. The Morgan fingerprint density at radius 3 is 2.33 bits per heavy atom. The molecule has 0 N–H and O–H groups in total. The number of benzene rings is 1. The predicted octanol–water partition coefficient (Wildman–Crippen LogP) is 4.57. The molecule has 0 atom stereocenters. The van der Waals surface area contributed by atoms with E-state index in [1.54, 1.807) is 0 Å². The Morgan fingerprint density at radius 1 is 1.11 bits per heavy atom. The zero-order valence-corrected chi connectivity index (χ0v) is 10.5. The number of alkyl halides is 3. The fraction of sp³-hybridized carbons (Fsp3) is 0.182. The van der Waals surface area contributed by atoms with Crippen molar-refractivity contribution in [3.8, 4) is 5.75 Å². The molecular weight excluding hydrogens is 290 g/mol. The molecule has 7 heteroatoms. The smallest absolute Gasteiger partial charge is 0.433 e. The molecule has 0 amide bonds. The highest BCUT2D eigenvalue weighted by atomic mass is 35.5. The number of rotatable bonds is 1. The number of hydrogen-bond donors (Lipinski definition) is 0. The van der Waals surface area contributed by atoms with Gasteiger partial charge in [0.05, 0.1) is 22.7 Å². The summed E-state index contributed by atoms with van der Waals surface area (Å²) in [7, 11) is 1.36. The van der Waals surface area contributed by atoms with Crippen molar-refractivity contribution in [3.63, 3.8) is 0 Å². The van der Waals surface area contributed by atoms with E-state index in [2.05, 4.69) is 4.98 Å². The minimum absolute atomic E-state index is 0.0584. The summed E-state index contributed by atoms with van der Waals surface area (Å²) >= 11 is 11.7. The van der Waals surface area contributed by atoms with Crippen LogP contribution in [0.3, 0.4) is 0 Å². The Labute approximate surface area is 110 Å². The first-order valence-corrected chi connectivity index (χ1v) is 5.49. The minimum Gasteiger partial charge on any atom is -0.495 e. The van der Waals surface area contributed by atoms with E-state index in [1.807, 2.05) is 0 Å². The number of methoxy groups -OCH3 is 1. The van der Waals surface area contributed by atoms with Crippen molar-refractivity contribution in [3.05, 3.63) is 33.9 Å². The molecule has 0 fully saturated rings. The van der Waals surface area contributed by atoms with E-state index in [4.69, 9.17) is 27.9 Å². The lowest BCUT2D eigenvalue weighted by atomic mass is 10.2. The molecule has 2 rings (SSSR count). The number of ether oxygens (including phenoxy) is 1. The van der Waals surface area contributed by atoms with Crippen molar-refractivity contribution in [2.45, 2.75) is 6.18 Å². The minimum atomic E-state index is -4.55. The van der Waals surface area contributed by atoms with Crippen molar-refractivity contribution < 1.29 is 17.9 Å². The molecule has 0 saturated heterocycles. The maximum Gasteiger partial charge on any atom is 0.433 e. The van der Waals surface area contributed by atoms with E-state index in [0.717, 1.165) is 6.07 Å². The average Bonchev–Trinajstić information content (AvgIpc) is 2.28. The topological polar surface area (TPSA) is 22.1 Å². The Balaban J connectivity index is 2.75. The van der Waals surface area contributed by atoms with Crippen LogP contribution in [0.2, 0.25) is 10.0 Å². The van der Waals surface area contributed by atoms with E-state index in [0.29, 0.717) is 5.39 Å². The van der Waals surface area contributed by atoms with Crippen molar-refractivity contribution in [1.29, 1.82) is 0 Å². The molecule has 18 heavy (non-hydrogen) atoms. The van der Waals surface area contributed by atoms with E-state index >= 15 is 0 Å². The molecule has 0 saturated carbocycles. The second-order valence-corrected chi connectivity index (χ2v) is 4.31. The Bertz CT molecular complexity index is 613. The third kappa shape index (κ3) is 2.33. The molecule has 0 unspecified atom stereocenters. The quantitative estimate of drug-likeness (QED) is 0.769. The number of aromatic nitrogens is 1. The molecule has 0 radical (unpaired) electrons. The van der Waals surface area contributed by atoms with Gasteiger partial charge in [-0.25, -0.2) is 4.98 Å². The van der Waals surface area contributed by atoms with Gasteiger partial charge in [-0.05, 0) is 12.1 Å². The van der Waals surface area contributed by atoms with E-state index in [1.165, 1.54) is 19.2 Å². The zero-order valence-electron chi connectivity index (χ0n) is 8.98. The van der Waals surface area contributed by atoms with Crippen LogP contribution in [-0.2, 0) is 6.18 Å². The lowest BCUT2D eigenvalue weighted by Crippen LogP contribution is -2.08. The first kappa shape index (κ1) is 13.2. The standard InChI is InChI=1S/C11H6Cl2F3NO/c1-18-9-4-8-5(2-7(9)13)6(12)3-10(17-8)11(14,15)16/h2-4H,1H3. The molecule has 0 aliphatic rings. The molecule has 96 valence electrons. The Hall–Kier alpha value is -1.20. The van der Waals surface area contributed by atoms with Crippen LogP contribution in [0.25, 0.3) is 10.9 Å². The van der Waals surface area contributed by atoms with Crippen LogP contribution in [0.15, 0.2) is 18.2 Å². The van der Waals surface area contributed by atoms with Gasteiger partial charge in [0.2, 0.25) is 0 Å². The summed E-state index contributed by atoms with van der Waals surface area (Å²) < 4.78 is 42.7. The summed E-state index contributed by atoms with van der Waals surface area (Å²) in [5.41, 5.74) is -0.972. The molecular formula is C11H6Cl2F3NO. The highest BCUT2D eigenvalue weighted by molar-refractivity contribution is 6.37. The zero-order chi connectivity index (χ0) is 13.5. The fourth-order valence-electron chi connectivity index (χ4n) is 1.49. The molecule has 1 aromatic heterocycles. The van der Waals surface area contributed by atoms with Crippen LogP contribution < -0.4 is 4.74 Å². The van der Waals surface area contributed by atoms with Crippen LogP contribution in [0.4, 0.5) is 13.2 Å². The summed E-state index contributed by atoms with van der Waals surface area (Å²) in [6.07, 6.45) is -4.55. The highest BCUT2D eigenvalue weighted by Gasteiger charge is 2.33. The van der Waals surface area contributed by atoms with Gasteiger partial charge in [0.1, 0.15) is 11.4 Å². The number of halogens is 5. The second kappa shape index (κ2) is 4.48. The van der Waals surface area contributed by atoms with Gasteiger partial charge < -0.3 is 4.74 Å². The van der Waals surface area contributed by atoms with Crippen LogP contribution in [0.5, 0.6) is 5.75 Å².